The molecule has 0 N–H and O–H groups in total. The molecular weight excluding hydrogens is 205 g/mol. The second-order valence-electron chi connectivity index (χ2n) is 5.04. The minimum atomic E-state index is -0.995. The maximum absolute atomic E-state index is 13.8. The highest BCUT2D eigenvalue weighted by atomic mass is 19.1. The van der Waals surface area contributed by atoms with Crippen LogP contribution in [0.25, 0.3) is 0 Å². The highest BCUT2D eigenvalue weighted by Gasteiger charge is 2.30. The molecule has 2 rings (SSSR count). The molecule has 90 valence electrons. The van der Waals surface area contributed by atoms with Crippen molar-refractivity contribution in [1.29, 1.82) is 0 Å². The van der Waals surface area contributed by atoms with Crippen molar-refractivity contribution in [2.75, 3.05) is 19.6 Å². The fourth-order valence-corrected chi connectivity index (χ4v) is 2.38. The van der Waals surface area contributed by atoms with E-state index < -0.39 is 5.67 Å². The Morgan fingerprint density at radius 3 is 3.00 bits per heavy atom. The highest BCUT2D eigenvalue weighted by Crippen LogP contribution is 2.24. The summed E-state index contributed by atoms with van der Waals surface area (Å²) in [4.78, 5) is 6.30. The molecule has 1 aliphatic rings. The monoisotopic (exact) mass is 225 g/mol. The van der Waals surface area contributed by atoms with E-state index in [0.717, 1.165) is 25.9 Å². The van der Waals surface area contributed by atoms with Crippen molar-refractivity contribution in [3.8, 4) is 0 Å². The zero-order chi connectivity index (χ0) is 11.6. The number of alkyl halides is 1. The molecule has 3 nitrogen and oxygen atoms in total. The number of hydrogen-bond acceptors (Lipinski definition) is 2. The van der Waals surface area contributed by atoms with Gasteiger partial charge in [-0.3, -0.25) is 4.90 Å². The summed E-state index contributed by atoms with van der Waals surface area (Å²) in [6.45, 7) is 4.24. The highest BCUT2D eigenvalue weighted by molar-refractivity contribution is 4.98. The number of aromatic nitrogens is 2. The van der Waals surface area contributed by atoms with Crippen LogP contribution in [0, 0.1) is 0 Å². The number of rotatable bonds is 3. The molecule has 0 spiro atoms. The summed E-state index contributed by atoms with van der Waals surface area (Å²) in [5.41, 5.74) is 0.219. The van der Waals surface area contributed by atoms with Gasteiger partial charge in [-0.15, -0.1) is 0 Å². The van der Waals surface area contributed by atoms with Gasteiger partial charge >= 0.3 is 0 Å². The summed E-state index contributed by atoms with van der Waals surface area (Å²) in [6, 6.07) is 0. The summed E-state index contributed by atoms with van der Waals surface area (Å²) < 4.78 is 15.8. The number of piperidine rings is 1. The standard InChI is InChI=1S/C12H20FN3/c1-12(13)5-3-6-16(9-12)7-4-11-8-14-10-15(11)2/h8,10H,3-7,9H2,1-2H3. The molecule has 1 aliphatic heterocycles. The molecule has 1 aromatic heterocycles. The quantitative estimate of drug-likeness (QED) is 0.782. The number of hydrogen-bond donors (Lipinski definition) is 0. The van der Waals surface area contributed by atoms with E-state index in [1.165, 1.54) is 5.69 Å². The first-order valence-corrected chi connectivity index (χ1v) is 5.93. The Morgan fingerprint density at radius 1 is 1.56 bits per heavy atom. The fourth-order valence-electron chi connectivity index (χ4n) is 2.38. The average Bonchev–Trinajstić information content (AvgIpc) is 2.60. The SMILES string of the molecule is Cn1cncc1CCN1CCCC(C)(F)C1. The van der Waals surface area contributed by atoms with Gasteiger partial charge in [0, 0.05) is 38.4 Å². The van der Waals surface area contributed by atoms with Gasteiger partial charge in [-0.2, -0.15) is 0 Å². The van der Waals surface area contributed by atoms with Crippen molar-refractivity contribution in [2.45, 2.75) is 31.9 Å². The zero-order valence-electron chi connectivity index (χ0n) is 10.1. The molecule has 0 saturated carbocycles. The molecule has 0 bridgehead atoms. The van der Waals surface area contributed by atoms with Gasteiger partial charge in [0.1, 0.15) is 5.67 Å². The largest absolute Gasteiger partial charge is 0.338 e. The molecule has 0 amide bonds. The summed E-state index contributed by atoms with van der Waals surface area (Å²) in [5.74, 6) is 0. The molecular formula is C12H20FN3. The lowest BCUT2D eigenvalue weighted by atomic mass is 9.97. The van der Waals surface area contributed by atoms with Gasteiger partial charge in [0.05, 0.1) is 6.33 Å². The van der Waals surface area contributed by atoms with Crippen LogP contribution in [0.15, 0.2) is 12.5 Å². The topological polar surface area (TPSA) is 21.1 Å². The van der Waals surface area contributed by atoms with Gasteiger partial charge in [0.15, 0.2) is 0 Å². The van der Waals surface area contributed by atoms with Crippen molar-refractivity contribution in [3.05, 3.63) is 18.2 Å². The lowest BCUT2D eigenvalue weighted by Crippen LogP contribution is -2.44. The van der Waals surface area contributed by atoms with E-state index in [9.17, 15) is 4.39 Å². The predicted molar refractivity (Wildman–Crippen MR) is 62.1 cm³/mol. The Balaban J connectivity index is 1.84. The Bertz CT molecular complexity index is 346. The van der Waals surface area contributed by atoms with Crippen molar-refractivity contribution in [2.24, 2.45) is 7.05 Å². The van der Waals surface area contributed by atoms with Gasteiger partial charge in [0.25, 0.3) is 0 Å². The van der Waals surface area contributed by atoms with E-state index in [-0.39, 0.29) is 0 Å². The summed E-state index contributed by atoms with van der Waals surface area (Å²) in [6.07, 6.45) is 6.32. The van der Waals surface area contributed by atoms with Crippen LogP contribution in [0.1, 0.15) is 25.5 Å². The lowest BCUT2D eigenvalue weighted by Gasteiger charge is -2.35. The zero-order valence-corrected chi connectivity index (χ0v) is 10.1. The Morgan fingerprint density at radius 2 is 2.38 bits per heavy atom. The third kappa shape index (κ3) is 2.82. The van der Waals surface area contributed by atoms with Crippen molar-refractivity contribution in [3.63, 3.8) is 0 Å². The van der Waals surface area contributed by atoms with Crippen LogP contribution in [-0.2, 0) is 13.5 Å². The van der Waals surface area contributed by atoms with E-state index in [1.54, 1.807) is 6.92 Å². The van der Waals surface area contributed by atoms with Gasteiger partial charge in [-0.1, -0.05) is 0 Å². The van der Waals surface area contributed by atoms with Crippen molar-refractivity contribution >= 4 is 0 Å². The van der Waals surface area contributed by atoms with Gasteiger partial charge in [0.2, 0.25) is 0 Å². The fraction of sp³-hybridized carbons (Fsp3) is 0.750. The maximum Gasteiger partial charge on any atom is 0.120 e. The molecule has 16 heavy (non-hydrogen) atoms. The van der Waals surface area contributed by atoms with Crippen LogP contribution < -0.4 is 0 Å². The van der Waals surface area contributed by atoms with Gasteiger partial charge < -0.3 is 4.57 Å². The normalized spacial score (nSPS) is 27.2. The number of likely N-dealkylation sites (tertiary alicyclic amines) is 1. The minimum Gasteiger partial charge on any atom is -0.338 e. The molecule has 1 fully saturated rings. The van der Waals surface area contributed by atoms with E-state index >= 15 is 0 Å². The average molecular weight is 225 g/mol. The van der Waals surface area contributed by atoms with Gasteiger partial charge in [-0.05, 0) is 26.3 Å². The van der Waals surface area contributed by atoms with Crippen LogP contribution in [0.4, 0.5) is 4.39 Å². The number of imidazole rings is 1. The molecule has 0 aromatic carbocycles. The van der Waals surface area contributed by atoms with E-state index in [1.807, 2.05) is 24.1 Å². The van der Waals surface area contributed by atoms with Crippen LogP contribution in [0.5, 0.6) is 0 Å². The van der Waals surface area contributed by atoms with Crippen molar-refractivity contribution in [1.82, 2.24) is 14.5 Å². The molecule has 1 unspecified atom stereocenters. The van der Waals surface area contributed by atoms with Crippen LogP contribution >= 0.6 is 0 Å². The lowest BCUT2D eigenvalue weighted by molar-refractivity contribution is 0.0611. The first-order valence-electron chi connectivity index (χ1n) is 5.93. The second-order valence-corrected chi connectivity index (χ2v) is 5.04. The first kappa shape index (κ1) is 11.6. The first-order chi connectivity index (χ1) is 7.57. The second kappa shape index (κ2) is 4.53. The smallest absolute Gasteiger partial charge is 0.120 e. The van der Waals surface area contributed by atoms with E-state index in [2.05, 4.69) is 9.88 Å². The Labute approximate surface area is 96.3 Å². The van der Waals surface area contributed by atoms with E-state index in [0.29, 0.717) is 13.0 Å². The molecule has 0 radical (unpaired) electrons. The Hall–Kier alpha value is -0.900. The third-order valence-corrected chi connectivity index (χ3v) is 3.33. The number of aryl methyl sites for hydroxylation is 1. The van der Waals surface area contributed by atoms with E-state index in [4.69, 9.17) is 0 Å². The van der Waals surface area contributed by atoms with Crippen LogP contribution in [0.3, 0.4) is 0 Å². The maximum atomic E-state index is 13.8. The summed E-state index contributed by atoms with van der Waals surface area (Å²) in [5, 5.41) is 0. The van der Waals surface area contributed by atoms with Crippen molar-refractivity contribution < 1.29 is 4.39 Å². The minimum absolute atomic E-state index is 0.574. The van der Waals surface area contributed by atoms with Crippen LogP contribution in [0.2, 0.25) is 0 Å². The molecule has 2 heterocycles. The molecule has 1 aromatic rings. The molecule has 1 atom stereocenters. The third-order valence-electron chi connectivity index (χ3n) is 3.33. The summed E-state index contributed by atoms with van der Waals surface area (Å²) in [7, 11) is 2.00. The van der Waals surface area contributed by atoms with Gasteiger partial charge in [-0.25, -0.2) is 9.37 Å². The molecule has 1 saturated heterocycles. The molecule has 0 aliphatic carbocycles. The summed E-state index contributed by atoms with van der Waals surface area (Å²) >= 11 is 0. The Kier molecular flexibility index (Phi) is 3.28. The predicted octanol–water partition coefficient (Wildman–Crippen LogP) is 1.79. The molecule has 4 heteroatoms. The number of halogens is 1. The number of nitrogens with zero attached hydrogens (tertiary/aromatic N) is 3. The van der Waals surface area contributed by atoms with Crippen LogP contribution in [-0.4, -0.2) is 39.8 Å².